The van der Waals surface area contributed by atoms with Gasteiger partial charge in [-0.3, -0.25) is 14.4 Å². The minimum Gasteiger partial charge on any atom is -0.480 e. The van der Waals surface area contributed by atoms with Gasteiger partial charge in [0.2, 0.25) is 17.7 Å². The largest absolute Gasteiger partial charge is 0.480 e. The van der Waals surface area contributed by atoms with Gasteiger partial charge >= 0.3 is 5.97 Å². The summed E-state index contributed by atoms with van der Waals surface area (Å²) >= 11 is 0. The van der Waals surface area contributed by atoms with Crippen molar-refractivity contribution in [1.29, 1.82) is 0 Å². The normalized spacial score (nSPS) is 19.8. The molecule has 9 nitrogen and oxygen atoms in total. The van der Waals surface area contributed by atoms with Gasteiger partial charge in [-0.25, -0.2) is 4.79 Å². The Morgan fingerprint density at radius 2 is 1.82 bits per heavy atom. The van der Waals surface area contributed by atoms with Crippen LogP contribution in [0.3, 0.4) is 0 Å². The third kappa shape index (κ3) is 6.47. The van der Waals surface area contributed by atoms with E-state index in [9.17, 15) is 24.3 Å². The number of hydrogen-bond donors (Lipinski definition) is 4. The van der Waals surface area contributed by atoms with Crippen LogP contribution in [0.5, 0.6) is 0 Å². The molecule has 1 aliphatic rings. The van der Waals surface area contributed by atoms with Crippen LogP contribution in [-0.2, 0) is 19.2 Å². The van der Waals surface area contributed by atoms with Crippen LogP contribution < -0.4 is 16.4 Å². The molecule has 0 spiro atoms. The van der Waals surface area contributed by atoms with Crippen molar-refractivity contribution in [3.05, 3.63) is 0 Å². The molecule has 3 amide bonds. The molecule has 1 saturated heterocycles. The summed E-state index contributed by atoms with van der Waals surface area (Å²) in [5.74, 6) is -2.39. The Balaban J connectivity index is 2.93. The maximum Gasteiger partial charge on any atom is 0.326 e. The smallest absolute Gasteiger partial charge is 0.326 e. The predicted octanol–water partition coefficient (Wildman–Crippen LogP) is 0.0825. The molecule has 5 N–H and O–H groups in total. The van der Waals surface area contributed by atoms with Crippen molar-refractivity contribution in [1.82, 2.24) is 15.5 Å². The maximum absolute atomic E-state index is 13.0. The summed E-state index contributed by atoms with van der Waals surface area (Å²) in [7, 11) is 0. The van der Waals surface area contributed by atoms with Crippen molar-refractivity contribution in [3.63, 3.8) is 0 Å². The summed E-state index contributed by atoms with van der Waals surface area (Å²) < 4.78 is 0. The molecule has 0 radical (unpaired) electrons. The second kappa shape index (κ2) is 11.0. The van der Waals surface area contributed by atoms with Gasteiger partial charge in [-0.05, 0) is 31.1 Å². The Morgan fingerprint density at radius 1 is 1.18 bits per heavy atom. The molecular weight excluding hydrogens is 364 g/mol. The average molecular weight is 399 g/mol. The van der Waals surface area contributed by atoms with Crippen molar-refractivity contribution < 1.29 is 24.3 Å². The zero-order valence-corrected chi connectivity index (χ0v) is 17.2. The number of carbonyl (C=O) groups excluding carboxylic acids is 3. The summed E-state index contributed by atoms with van der Waals surface area (Å²) in [6.45, 7) is 7.66. The molecule has 4 unspecified atom stereocenters. The first kappa shape index (κ1) is 23.9. The van der Waals surface area contributed by atoms with Gasteiger partial charge in [0.1, 0.15) is 18.1 Å². The van der Waals surface area contributed by atoms with Gasteiger partial charge < -0.3 is 26.4 Å². The molecule has 4 atom stereocenters. The van der Waals surface area contributed by atoms with Gasteiger partial charge in [0, 0.05) is 6.54 Å². The molecule has 1 heterocycles. The van der Waals surface area contributed by atoms with E-state index < -0.39 is 35.9 Å². The zero-order chi connectivity index (χ0) is 21.4. The van der Waals surface area contributed by atoms with Gasteiger partial charge in [0.25, 0.3) is 0 Å². The molecule has 9 heteroatoms. The Hall–Kier alpha value is -2.16. The standard InChI is InChI=1S/C19H34N4O5/c1-5-12(4)16(19(27)28)22-17(25)14-7-6-8-23(14)18(26)13(9-11(2)3)21-15(24)10-20/h11-14,16H,5-10,20H2,1-4H3,(H,21,24)(H,22,25)(H,27,28). The Bertz CT molecular complexity index is 581. The summed E-state index contributed by atoms with van der Waals surface area (Å²) in [6, 6.07) is -2.49. The van der Waals surface area contributed by atoms with Crippen LogP contribution in [0.2, 0.25) is 0 Å². The lowest BCUT2D eigenvalue weighted by Gasteiger charge is -2.30. The lowest BCUT2D eigenvalue weighted by Crippen LogP contribution is -2.56. The second-order valence-electron chi connectivity index (χ2n) is 7.85. The number of nitrogens with zero attached hydrogens (tertiary/aromatic N) is 1. The number of nitrogens with one attached hydrogen (secondary N) is 2. The number of likely N-dealkylation sites (tertiary alicyclic amines) is 1. The van der Waals surface area contributed by atoms with Crippen LogP contribution in [0.4, 0.5) is 0 Å². The van der Waals surface area contributed by atoms with E-state index in [1.54, 1.807) is 6.92 Å². The quantitative estimate of drug-likeness (QED) is 0.411. The monoisotopic (exact) mass is 398 g/mol. The highest BCUT2D eigenvalue weighted by Crippen LogP contribution is 2.21. The first-order chi connectivity index (χ1) is 13.1. The fourth-order valence-corrected chi connectivity index (χ4v) is 3.38. The number of rotatable bonds is 10. The lowest BCUT2D eigenvalue weighted by molar-refractivity contribution is -0.146. The molecule has 28 heavy (non-hydrogen) atoms. The fourth-order valence-electron chi connectivity index (χ4n) is 3.38. The molecule has 0 aromatic carbocycles. The molecule has 0 aromatic rings. The van der Waals surface area contributed by atoms with Crippen LogP contribution in [0.1, 0.15) is 53.4 Å². The predicted molar refractivity (Wildman–Crippen MR) is 104 cm³/mol. The number of carboxylic acids is 1. The second-order valence-corrected chi connectivity index (χ2v) is 7.85. The van der Waals surface area contributed by atoms with Crippen molar-refractivity contribution in [2.45, 2.75) is 71.5 Å². The molecule has 1 fully saturated rings. The fraction of sp³-hybridized carbons (Fsp3) is 0.789. The average Bonchev–Trinajstić information content (AvgIpc) is 3.13. The molecule has 160 valence electrons. The highest BCUT2D eigenvalue weighted by atomic mass is 16.4. The van der Waals surface area contributed by atoms with E-state index in [-0.39, 0.29) is 24.3 Å². The van der Waals surface area contributed by atoms with Crippen LogP contribution in [0.25, 0.3) is 0 Å². The number of hydrogen-bond acceptors (Lipinski definition) is 5. The third-order valence-corrected chi connectivity index (χ3v) is 5.14. The Morgan fingerprint density at radius 3 is 2.32 bits per heavy atom. The van der Waals surface area contributed by atoms with Crippen molar-refractivity contribution in [3.8, 4) is 0 Å². The number of carboxylic acid groups (broad SMARTS) is 1. The first-order valence-electron chi connectivity index (χ1n) is 9.95. The number of amides is 3. The van der Waals surface area contributed by atoms with Gasteiger partial charge in [-0.2, -0.15) is 0 Å². The van der Waals surface area contributed by atoms with Crippen molar-refractivity contribution in [2.24, 2.45) is 17.6 Å². The lowest BCUT2D eigenvalue weighted by atomic mass is 9.98. The minimum atomic E-state index is -1.09. The zero-order valence-electron chi connectivity index (χ0n) is 17.2. The summed E-state index contributed by atoms with van der Waals surface area (Å²) in [6.07, 6.45) is 2.14. The molecule has 0 saturated carbocycles. The summed E-state index contributed by atoms with van der Waals surface area (Å²) in [5, 5.41) is 14.6. The van der Waals surface area contributed by atoms with E-state index in [1.165, 1.54) is 4.90 Å². The molecule has 1 aliphatic heterocycles. The van der Waals surface area contributed by atoms with Crippen molar-refractivity contribution >= 4 is 23.7 Å². The summed E-state index contributed by atoms with van der Waals surface area (Å²) in [4.78, 5) is 50.4. The third-order valence-electron chi connectivity index (χ3n) is 5.14. The summed E-state index contributed by atoms with van der Waals surface area (Å²) in [5.41, 5.74) is 5.35. The van der Waals surface area contributed by atoms with Gasteiger partial charge in [0.05, 0.1) is 6.54 Å². The first-order valence-corrected chi connectivity index (χ1v) is 9.95. The van der Waals surface area contributed by atoms with E-state index >= 15 is 0 Å². The van der Waals surface area contributed by atoms with Gasteiger partial charge in [0.15, 0.2) is 0 Å². The highest BCUT2D eigenvalue weighted by Gasteiger charge is 2.39. The Kier molecular flexibility index (Phi) is 9.37. The van der Waals surface area contributed by atoms with E-state index in [0.29, 0.717) is 32.2 Å². The maximum atomic E-state index is 13.0. The van der Waals surface area contributed by atoms with Crippen molar-refractivity contribution in [2.75, 3.05) is 13.1 Å². The number of carbonyl (C=O) groups is 4. The number of nitrogens with two attached hydrogens (primary N) is 1. The van der Waals surface area contributed by atoms with Crippen LogP contribution in [-0.4, -0.2) is 64.9 Å². The highest BCUT2D eigenvalue weighted by molar-refractivity contribution is 5.94. The van der Waals surface area contributed by atoms with Gasteiger partial charge in [-0.1, -0.05) is 34.1 Å². The number of aliphatic carboxylic acids is 1. The molecule has 0 bridgehead atoms. The van der Waals surface area contributed by atoms with E-state index in [0.717, 1.165) is 0 Å². The topological polar surface area (TPSA) is 142 Å². The van der Waals surface area contributed by atoms with Gasteiger partial charge in [-0.15, -0.1) is 0 Å². The Labute approximate surface area is 166 Å². The molecular formula is C19H34N4O5. The van der Waals surface area contributed by atoms with Crippen LogP contribution >= 0.6 is 0 Å². The minimum absolute atomic E-state index is 0.156. The van der Waals surface area contributed by atoms with Crippen LogP contribution in [0, 0.1) is 11.8 Å². The molecule has 1 rings (SSSR count). The molecule has 0 aliphatic carbocycles. The molecule has 0 aromatic heterocycles. The van der Waals surface area contributed by atoms with E-state index in [1.807, 2.05) is 20.8 Å². The SMILES string of the molecule is CCC(C)C(NC(=O)C1CCCN1C(=O)C(CC(C)C)NC(=O)CN)C(=O)O. The van der Waals surface area contributed by atoms with E-state index in [4.69, 9.17) is 5.73 Å². The van der Waals surface area contributed by atoms with Crippen LogP contribution in [0.15, 0.2) is 0 Å². The van der Waals surface area contributed by atoms with E-state index in [2.05, 4.69) is 10.6 Å².